The lowest BCUT2D eigenvalue weighted by Crippen LogP contribution is -2.58. The largest absolute Gasteiger partial charge is 0.507 e. The molecule has 0 unspecified atom stereocenters. The van der Waals surface area contributed by atoms with Gasteiger partial charge in [0.2, 0.25) is 5.78 Å². The Hall–Kier alpha value is -4.50. The molecular formula is C42H52N2O16. The third-order valence-corrected chi connectivity index (χ3v) is 12.4. The predicted octanol–water partition coefficient (Wildman–Crippen LogP) is 1.93. The van der Waals surface area contributed by atoms with Crippen LogP contribution in [0, 0.1) is 0 Å². The van der Waals surface area contributed by atoms with Crippen molar-refractivity contribution in [3.63, 3.8) is 0 Å². The first-order valence-corrected chi connectivity index (χ1v) is 19.9. The first-order valence-electron chi connectivity index (χ1n) is 19.9. The van der Waals surface area contributed by atoms with Gasteiger partial charge in [-0.2, -0.15) is 0 Å². The number of likely N-dealkylation sites (N-methyl/N-ethyl adjacent to an activating group) is 1. The van der Waals surface area contributed by atoms with Gasteiger partial charge in [-0.3, -0.25) is 19.2 Å². The van der Waals surface area contributed by atoms with Crippen LogP contribution in [0.4, 0.5) is 0 Å². The highest BCUT2D eigenvalue weighted by Crippen LogP contribution is 2.57. The zero-order valence-corrected chi connectivity index (χ0v) is 34.3. The highest BCUT2D eigenvalue weighted by atomic mass is 16.7. The number of rotatable bonds is 9. The SMILES string of the molecule is CC[C@@]1(O)C[C@H](O[C@H]2C[C@H](N(C)C)[C@H](O[C@H]3C[C@H](O)[C@H](O[C@@H]4O[C@@H](C)C(=O)C=C4N)[C@H](C)O3)[C@H](C)O2)c2c(O)c3c(c(O)c2[C@H]1C(=O)OC)C(=O)c1cccc(O)c1C3=O. The number of phenols is 3. The van der Waals surface area contributed by atoms with Gasteiger partial charge in [0.05, 0.1) is 59.5 Å². The maximum atomic E-state index is 14.0. The highest BCUT2D eigenvalue weighted by Gasteiger charge is 2.55. The van der Waals surface area contributed by atoms with Crippen LogP contribution in [0.25, 0.3) is 0 Å². The van der Waals surface area contributed by atoms with Gasteiger partial charge in [-0.1, -0.05) is 19.1 Å². The lowest BCUT2D eigenvalue weighted by Gasteiger charge is -2.48. The minimum atomic E-state index is -1.94. The minimum Gasteiger partial charge on any atom is -0.507 e. The van der Waals surface area contributed by atoms with Crippen LogP contribution in [0.3, 0.4) is 0 Å². The van der Waals surface area contributed by atoms with Crippen molar-refractivity contribution in [3.8, 4) is 17.2 Å². The quantitative estimate of drug-likeness (QED) is 0.133. The average Bonchev–Trinajstić information content (AvgIpc) is 3.18. The van der Waals surface area contributed by atoms with Crippen molar-refractivity contribution < 1.29 is 77.9 Å². The van der Waals surface area contributed by atoms with Crippen LogP contribution in [-0.4, -0.2) is 142 Å². The maximum Gasteiger partial charge on any atom is 0.316 e. The molecule has 18 heteroatoms. The molecule has 326 valence electrons. The molecule has 0 spiro atoms. The standard InChI is InChI=1S/C42H52N2O16/c1-8-42(53)15-25(29-30(33(42)40(52)54-7)37(51)31-32(36(29)50)35(49)28-19(34(31)48)10-9-11-22(28)45)58-26-13-21(44(5)6)38(17(3)55-26)59-27-14-24(47)39(18(4)56-27)60-41-20(43)12-23(46)16(2)57-41/h9-12,16-18,21,24-27,33,38-39,41,45,47,50-51,53H,8,13-15,43H2,1-7H3/t16-,17-,18-,21-,24-,25-,26-,27-,33-,38+,39+,41-,42+/m0/s1. The summed E-state index contributed by atoms with van der Waals surface area (Å²) in [6, 6.07) is 3.45. The van der Waals surface area contributed by atoms with E-state index in [2.05, 4.69) is 0 Å². The summed E-state index contributed by atoms with van der Waals surface area (Å²) < 4.78 is 42.2. The minimum absolute atomic E-state index is 0.00944. The Morgan fingerprint density at radius 1 is 0.883 bits per heavy atom. The second-order valence-corrected chi connectivity index (χ2v) is 16.3. The number of benzene rings is 2. The number of carbonyl (C=O) groups is 4. The summed E-state index contributed by atoms with van der Waals surface area (Å²) in [5.74, 6) is -6.79. The van der Waals surface area contributed by atoms with Crippen LogP contribution in [-0.2, 0) is 42.7 Å². The van der Waals surface area contributed by atoms with Crippen molar-refractivity contribution in [2.45, 2.75) is 133 Å². The maximum absolute atomic E-state index is 14.0. The molecule has 0 bridgehead atoms. The van der Waals surface area contributed by atoms with Gasteiger partial charge in [-0.25, -0.2) is 0 Å². The number of carbonyl (C=O) groups excluding carboxylic acids is 4. The van der Waals surface area contributed by atoms with Crippen molar-refractivity contribution >= 4 is 23.3 Å². The van der Waals surface area contributed by atoms with Gasteiger partial charge in [0.25, 0.3) is 0 Å². The Morgan fingerprint density at radius 3 is 2.15 bits per heavy atom. The lowest BCUT2D eigenvalue weighted by atomic mass is 9.66. The second kappa shape index (κ2) is 16.4. The summed E-state index contributed by atoms with van der Waals surface area (Å²) in [5.41, 5.74) is 1.81. The van der Waals surface area contributed by atoms with Crippen molar-refractivity contribution in [3.05, 3.63) is 63.4 Å². The number of nitrogens with zero attached hydrogens (tertiary/aromatic N) is 1. The van der Waals surface area contributed by atoms with E-state index in [1.807, 2.05) is 19.0 Å². The molecule has 7 N–H and O–H groups in total. The molecule has 3 aliphatic heterocycles. The number of esters is 1. The molecule has 2 saturated heterocycles. The molecule has 0 saturated carbocycles. The van der Waals surface area contributed by atoms with Crippen LogP contribution in [0.15, 0.2) is 30.0 Å². The zero-order valence-electron chi connectivity index (χ0n) is 34.3. The van der Waals surface area contributed by atoms with E-state index in [1.165, 1.54) is 24.3 Å². The number of methoxy groups -OCH3 is 1. The molecule has 2 aromatic carbocycles. The monoisotopic (exact) mass is 840 g/mol. The van der Waals surface area contributed by atoms with Gasteiger partial charge in [0, 0.05) is 48.1 Å². The first kappa shape index (κ1) is 43.6. The van der Waals surface area contributed by atoms with E-state index in [0.29, 0.717) is 0 Å². The molecule has 2 aromatic rings. The Balaban J connectivity index is 1.16. The molecule has 5 aliphatic rings. The number of aromatic hydroxyl groups is 3. The Bertz CT molecular complexity index is 2090. The van der Waals surface area contributed by atoms with Gasteiger partial charge in [-0.15, -0.1) is 0 Å². The lowest BCUT2D eigenvalue weighted by molar-refractivity contribution is -0.321. The van der Waals surface area contributed by atoms with Gasteiger partial charge in [0.1, 0.15) is 41.5 Å². The van der Waals surface area contributed by atoms with E-state index in [0.717, 1.165) is 7.11 Å². The molecular weight excluding hydrogens is 788 g/mol. The molecule has 60 heavy (non-hydrogen) atoms. The number of ketones is 3. The van der Waals surface area contributed by atoms with Crippen LogP contribution in [0.1, 0.15) is 108 Å². The van der Waals surface area contributed by atoms with Crippen LogP contribution in [0.2, 0.25) is 0 Å². The average molecular weight is 841 g/mol. The Labute approximate surface area is 345 Å². The van der Waals surface area contributed by atoms with Crippen molar-refractivity contribution in [2.75, 3.05) is 21.2 Å². The number of aliphatic hydroxyl groups excluding tert-OH is 1. The molecule has 0 amide bonds. The molecule has 18 nitrogen and oxygen atoms in total. The van der Waals surface area contributed by atoms with E-state index >= 15 is 0 Å². The van der Waals surface area contributed by atoms with E-state index in [-0.39, 0.29) is 59.4 Å². The van der Waals surface area contributed by atoms with Crippen LogP contribution >= 0.6 is 0 Å². The summed E-state index contributed by atoms with van der Waals surface area (Å²) in [4.78, 5) is 55.2. The third-order valence-electron chi connectivity index (χ3n) is 12.4. The molecule has 2 fully saturated rings. The fraction of sp³-hybridized carbons (Fsp3) is 0.571. The fourth-order valence-corrected chi connectivity index (χ4v) is 9.19. The number of aliphatic hydroxyl groups is 2. The van der Waals surface area contributed by atoms with Crippen molar-refractivity contribution in [1.29, 1.82) is 0 Å². The summed E-state index contributed by atoms with van der Waals surface area (Å²) in [7, 11) is 4.75. The molecule has 0 radical (unpaired) electrons. The van der Waals surface area contributed by atoms with E-state index in [1.54, 1.807) is 27.7 Å². The molecule has 0 aromatic heterocycles. The van der Waals surface area contributed by atoms with E-state index in [9.17, 15) is 44.7 Å². The normalized spacial score (nSPS) is 35.4. The number of hydrogen-bond donors (Lipinski definition) is 6. The topological polar surface area (TPSA) is 263 Å². The smallest absolute Gasteiger partial charge is 0.316 e. The second-order valence-electron chi connectivity index (χ2n) is 16.3. The summed E-state index contributed by atoms with van der Waals surface area (Å²) in [6.45, 7) is 6.64. The number of ether oxygens (including phenoxy) is 7. The zero-order chi connectivity index (χ0) is 43.7. The van der Waals surface area contributed by atoms with Gasteiger partial charge in [-0.05, 0) is 47.4 Å². The number of phenolic OH excluding ortho intramolecular Hbond substituents is 3. The summed E-state index contributed by atoms with van der Waals surface area (Å²) in [5, 5.41) is 57.9. The van der Waals surface area contributed by atoms with Crippen LogP contribution in [0.5, 0.6) is 17.2 Å². The first-order chi connectivity index (χ1) is 28.3. The molecule has 7 rings (SSSR count). The number of hydrogen-bond acceptors (Lipinski definition) is 18. The predicted molar refractivity (Wildman–Crippen MR) is 206 cm³/mol. The summed E-state index contributed by atoms with van der Waals surface area (Å²) >= 11 is 0. The van der Waals surface area contributed by atoms with E-state index < -0.39 is 125 Å². The van der Waals surface area contributed by atoms with Gasteiger partial charge in [0.15, 0.2) is 30.4 Å². The van der Waals surface area contributed by atoms with Gasteiger partial charge < -0.3 is 69.3 Å². The van der Waals surface area contributed by atoms with Crippen LogP contribution < -0.4 is 5.73 Å². The molecule has 13 atom stereocenters. The molecule has 2 aliphatic carbocycles. The Kier molecular flexibility index (Phi) is 11.9. The number of fused-ring (bicyclic) bond motifs is 3. The summed E-state index contributed by atoms with van der Waals surface area (Å²) in [6.07, 6.45) is -8.04. The fourth-order valence-electron chi connectivity index (χ4n) is 9.19. The van der Waals surface area contributed by atoms with Gasteiger partial charge >= 0.3 is 5.97 Å². The van der Waals surface area contributed by atoms with Crippen molar-refractivity contribution in [1.82, 2.24) is 4.90 Å². The molecule has 3 heterocycles. The Morgan fingerprint density at radius 2 is 1.52 bits per heavy atom. The van der Waals surface area contributed by atoms with Crippen molar-refractivity contribution in [2.24, 2.45) is 5.73 Å². The van der Waals surface area contributed by atoms with E-state index in [4.69, 9.17) is 38.9 Å². The highest BCUT2D eigenvalue weighted by molar-refractivity contribution is 6.31. The third kappa shape index (κ3) is 7.36. The number of nitrogens with two attached hydrogens (primary N) is 1.